The van der Waals surface area contributed by atoms with Crippen LogP contribution in [0.15, 0.2) is 28.4 Å². The van der Waals surface area contributed by atoms with Gasteiger partial charge < -0.3 is 4.42 Å². The fraction of sp³-hybridized carbons (Fsp3) is 0.385. The first-order valence-electron chi connectivity index (χ1n) is 5.45. The molecule has 0 aromatic carbocycles. The summed E-state index contributed by atoms with van der Waals surface area (Å²) < 4.78 is 5.44. The molecular formula is C13H12O. The van der Waals surface area contributed by atoms with E-state index in [1.54, 1.807) is 11.8 Å². The van der Waals surface area contributed by atoms with Crippen molar-refractivity contribution in [3.8, 4) is 0 Å². The van der Waals surface area contributed by atoms with E-state index in [0.29, 0.717) is 0 Å². The Hall–Kier alpha value is -1.24. The molecule has 3 aliphatic rings. The van der Waals surface area contributed by atoms with Crippen molar-refractivity contribution in [1.82, 2.24) is 0 Å². The molecular weight excluding hydrogens is 172 g/mol. The van der Waals surface area contributed by atoms with Crippen LogP contribution in [0.3, 0.4) is 0 Å². The predicted octanol–water partition coefficient (Wildman–Crippen LogP) is 3.49. The molecule has 1 heteroatoms. The molecule has 1 fully saturated rings. The molecule has 0 radical (unpaired) electrons. The van der Waals surface area contributed by atoms with Crippen molar-refractivity contribution < 1.29 is 4.42 Å². The van der Waals surface area contributed by atoms with E-state index < -0.39 is 0 Å². The second-order valence-electron chi connectivity index (χ2n) is 4.58. The SMILES string of the molecule is C1=C2C(=Cc3occc32)C2CCCC12. The molecule has 1 nitrogen and oxygen atoms in total. The summed E-state index contributed by atoms with van der Waals surface area (Å²) in [7, 11) is 0. The lowest BCUT2D eigenvalue weighted by atomic mass is 9.95. The van der Waals surface area contributed by atoms with Crippen LogP contribution < -0.4 is 0 Å². The van der Waals surface area contributed by atoms with Gasteiger partial charge in [-0.05, 0) is 48.0 Å². The van der Waals surface area contributed by atoms with Gasteiger partial charge in [0.2, 0.25) is 0 Å². The third-order valence-electron chi connectivity index (χ3n) is 3.93. The van der Waals surface area contributed by atoms with Crippen LogP contribution >= 0.6 is 0 Å². The number of fused-ring (bicyclic) bond motifs is 5. The first kappa shape index (κ1) is 7.10. The van der Waals surface area contributed by atoms with Crippen molar-refractivity contribution in [2.24, 2.45) is 11.8 Å². The average molecular weight is 184 g/mol. The molecule has 70 valence electrons. The van der Waals surface area contributed by atoms with Gasteiger partial charge in [-0.3, -0.25) is 0 Å². The molecule has 4 rings (SSSR count). The third kappa shape index (κ3) is 0.682. The smallest absolute Gasteiger partial charge is 0.134 e. The monoisotopic (exact) mass is 184 g/mol. The van der Waals surface area contributed by atoms with Gasteiger partial charge in [0.15, 0.2) is 0 Å². The Labute approximate surface area is 83.1 Å². The van der Waals surface area contributed by atoms with Crippen molar-refractivity contribution in [1.29, 1.82) is 0 Å². The maximum Gasteiger partial charge on any atom is 0.134 e. The van der Waals surface area contributed by atoms with Crippen LogP contribution in [-0.2, 0) is 0 Å². The molecule has 1 aromatic rings. The maximum atomic E-state index is 5.44. The molecule has 0 aliphatic heterocycles. The summed E-state index contributed by atoms with van der Waals surface area (Å²) in [5.74, 6) is 2.73. The lowest BCUT2D eigenvalue weighted by molar-refractivity contribution is 0.550. The molecule has 0 amide bonds. The van der Waals surface area contributed by atoms with Gasteiger partial charge in [0.25, 0.3) is 0 Å². The number of hydrogen-bond donors (Lipinski definition) is 0. The fourth-order valence-corrected chi connectivity index (χ4v) is 3.31. The van der Waals surface area contributed by atoms with Gasteiger partial charge in [0.05, 0.1) is 6.26 Å². The zero-order valence-electron chi connectivity index (χ0n) is 7.99. The molecule has 1 saturated carbocycles. The minimum atomic E-state index is 0.813. The van der Waals surface area contributed by atoms with Crippen molar-refractivity contribution in [3.05, 3.63) is 35.3 Å². The van der Waals surface area contributed by atoms with Gasteiger partial charge in [-0.1, -0.05) is 12.5 Å². The van der Waals surface area contributed by atoms with Crippen LogP contribution in [0.2, 0.25) is 0 Å². The summed E-state index contributed by atoms with van der Waals surface area (Å²) in [4.78, 5) is 0. The summed E-state index contributed by atoms with van der Waals surface area (Å²) >= 11 is 0. The Morgan fingerprint density at radius 1 is 1.29 bits per heavy atom. The molecule has 2 unspecified atom stereocenters. The van der Waals surface area contributed by atoms with Crippen LogP contribution in [0.5, 0.6) is 0 Å². The molecule has 0 saturated heterocycles. The molecule has 0 bridgehead atoms. The largest absolute Gasteiger partial charge is 0.464 e. The maximum absolute atomic E-state index is 5.44. The highest BCUT2D eigenvalue weighted by Gasteiger charge is 2.39. The van der Waals surface area contributed by atoms with Crippen molar-refractivity contribution in [3.63, 3.8) is 0 Å². The summed E-state index contributed by atoms with van der Waals surface area (Å²) in [6.07, 6.45) is 10.7. The fourth-order valence-electron chi connectivity index (χ4n) is 3.31. The Morgan fingerprint density at radius 2 is 2.29 bits per heavy atom. The predicted molar refractivity (Wildman–Crippen MR) is 55.5 cm³/mol. The second-order valence-corrected chi connectivity index (χ2v) is 4.58. The third-order valence-corrected chi connectivity index (χ3v) is 3.93. The number of allylic oxidation sites excluding steroid dienone is 3. The Balaban J connectivity index is 1.93. The molecule has 2 atom stereocenters. The van der Waals surface area contributed by atoms with E-state index in [1.165, 1.54) is 30.4 Å². The standard InChI is InChI=1S/C13H12O/c1-2-8-6-11-10-4-5-14-13(10)7-12(11)9(8)3-1/h4-9H,1-3H2. The Morgan fingerprint density at radius 3 is 3.29 bits per heavy atom. The lowest BCUT2D eigenvalue weighted by Crippen LogP contribution is -1.99. The highest BCUT2D eigenvalue weighted by molar-refractivity contribution is 5.95. The number of hydrogen-bond acceptors (Lipinski definition) is 1. The van der Waals surface area contributed by atoms with E-state index in [1.807, 2.05) is 0 Å². The van der Waals surface area contributed by atoms with Crippen LogP contribution in [0.4, 0.5) is 0 Å². The number of rotatable bonds is 0. The van der Waals surface area contributed by atoms with Crippen molar-refractivity contribution >= 4 is 11.6 Å². The van der Waals surface area contributed by atoms with E-state index in [4.69, 9.17) is 4.42 Å². The molecule has 0 spiro atoms. The van der Waals surface area contributed by atoms with E-state index in [0.717, 1.165) is 17.6 Å². The van der Waals surface area contributed by atoms with Crippen LogP contribution in [0.25, 0.3) is 11.6 Å². The van der Waals surface area contributed by atoms with Gasteiger partial charge in [-0.2, -0.15) is 0 Å². The zero-order chi connectivity index (χ0) is 9.12. The second kappa shape index (κ2) is 2.22. The highest BCUT2D eigenvalue weighted by Crippen LogP contribution is 2.53. The van der Waals surface area contributed by atoms with E-state index in [9.17, 15) is 0 Å². The van der Waals surface area contributed by atoms with E-state index in [2.05, 4.69) is 18.2 Å². The summed E-state index contributed by atoms with van der Waals surface area (Å²) in [6, 6.07) is 2.10. The topological polar surface area (TPSA) is 13.1 Å². The quantitative estimate of drug-likeness (QED) is 0.601. The summed E-state index contributed by atoms with van der Waals surface area (Å²) in [5.41, 5.74) is 4.36. The normalized spacial score (nSPS) is 32.3. The van der Waals surface area contributed by atoms with Crippen LogP contribution in [-0.4, -0.2) is 0 Å². The molecule has 0 N–H and O–H groups in total. The summed E-state index contributed by atoms with van der Waals surface area (Å²) in [6.45, 7) is 0. The van der Waals surface area contributed by atoms with Crippen molar-refractivity contribution in [2.45, 2.75) is 19.3 Å². The van der Waals surface area contributed by atoms with E-state index in [-0.39, 0.29) is 0 Å². The first-order chi connectivity index (χ1) is 6.93. The Bertz CT molecular complexity index is 461. The minimum absolute atomic E-state index is 0.813. The highest BCUT2D eigenvalue weighted by atomic mass is 16.3. The van der Waals surface area contributed by atoms with Gasteiger partial charge in [-0.25, -0.2) is 0 Å². The molecule has 1 heterocycles. The zero-order valence-corrected chi connectivity index (χ0v) is 7.99. The van der Waals surface area contributed by atoms with Crippen LogP contribution in [0.1, 0.15) is 30.6 Å². The van der Waals surface area contributed by atoms with Gasteiger partial charge in [0, 0.05) is 5.56 Å². The summed E-state index contributed by atoms with van der Waals surface area (Å²) in [5, 5.41) is 0. The molecule has 3 aliphatic carbocycles. The first-order valence-corrected chi connectivity index (χ1v) is 5.45. The van der Waals surface area contributed by atoms with Crippen LogP contribution in [0, 0.1) is 11.8 Å². The average Bonchev–Trinajstić information content (AvgIpc) is 2.80. The van der Waals surface area contributed by atoms with Gasteiger partial charge >= 0.3 is 0 Å². The Kier molecular flexibility index (Phi) is 1.13. The van der Waals surface area contributed by atoms with E-state index >= 15 is 0 Å². The molecule has 1 aromatic heterocycles. The van der Waals surface area contributed by atoms with Gasteiger partial charge in [0.1, 0.15) is 5.76 Å². The lowest BCUT2D eigenvalue weighted by Gasteiger charge is -2.09. The minimum Gasteiger partial charge on any atom is -0.464 e. The van der Waals surface area contributed by atoms with Gasteiger partial charge in [-0.15, -0.1) is 0 Å². The van der Waals surface area contributed by atoms with Crippen molar-refractivity contribution in [2.75, 3.05) is 0 Å². The number of furan rings is 1. The molecule has 14 heavy (non-hydrogen) atoms.